The normalized spacial score (nSPS) is 10.6. The van der Waals surface area contributed by atoms with E-state index >= 15 is 0 Å². The molecule has 0 radical (unpaired) electrons. The second kappa shape index (κ2) is 10.9. The van der Waals surface area contributed by atoms with Gasteiger partial charge in [0.2, 0.25) is 5.89 Å². The number of nitrogens with one attached hydrogen (secondary N) is 2. The fourth-order valence-electron chi connectivity index (χ4n) is 3.66. The number of amides is 1. The van der Waals surface area contributed by atoms with Gasteiger partial charge >= 0.3 is 0 Å². The molecule has 1 amide bonds. The van der Waals surface area contributed by atoms with Crippen LogP contribution in [0, 0.1) is 0 Å². The lowest BCUT2D eigenvalue weighted by molar-refractivity contribution is 0.0977. The van der Waals surface area contributed by atoms with Crippen molar-refractivity contribution in [2.75, 3.05) is 12.4 Å². The highest BCUT2D eigenvalue weighted by atomic mass is 32.1. The van der Waals surface area contributed by atoms with Gasteiger partial charge in [0.15, 0.2) is 10.7 Å². The largest absolute Gasteiger partial charge is 0.497 e. The standard InChI is InChI=1S/C29H23N3O4S/c1-34-23-14-15-26-25(17-23)31-28(36-26)20-10-12-22(13-11-20)30-29(37)32-27(33)21-8-5-9-24(16-21)35-18-19-6-3-2-4-7-19/h2-17H,18H2,1H3,(H2,30,32,33,37). The number of nitrogens with zero attached hydrogens (tertiary/aromatic N) is 1. The zero-order valence-corrected chi connectivity index (χ0v) is 20.7. The summed E-state index contributed by atoms with van der Waals surface area (Å²) >= 11 is 5.34. The van der Waals surface area contributed by atoms with Gasteiger partial charge in [0.25, 0.3) is 5.91 Å². The molecule has 7 nitrogen and oxygen atoms in total. The highest BCUT2D eigenvalue weighted by molar-refractivity contribution is 7.80. The van der Waals surface area contributed by atoms with E-state index in [-0.39, 0.29) is 11.0 Å². The molecule has 1 heterocycles. The second-order valence-corrected chi connectivity index (χ2v) is 8.55. The van der Waals surface area contributed by atoms with E-state index in [9.17, 15) is 4.79 Å². The molecule has 4 aromatic carbocycles. The van der Waals surface area contributed by atoms with Crippen LogP contribution in [0.1, 0.15) is 15.9 Å². The fraction of sp³-hybridized carbons (Fsp3) is 0.0690. The highest BCUT2D eigenvalue weighted by Crippen LogP contribution is 2.27. The lowest BCUT2D eigenvalue weighted by Crippen LogP contribution is -2.34. The average Bonchev–Trinajstić information content (AvgIpc) is 3.36. The number of carbonyl (C=O) groups excluding carboxylic acids is 1. The summed E-state index contributed by atoms with van der Waals surface area (Å²) in [6, 6.07) is 29.7. The Hall–Kier alpha value is -4.69. The van der Waals surface area contributed by atoms with Crippen LogP contribution in [0.15, 0.2) is 101 Å². The number of methoxy groups -OCH3 is 1. The van der Waals surface area contributed by atoms with Crippen molar-refractivity contribution in [1.29, 1.82) is 0 Å². The maximum absolute atomic E-state index is 12.7. The van der Waals surface area contributed by atoms with E-state index in [1.54, 1.807) is 25.3 Å². The average molecular weight is 510 g/mol. The molecule has 0 bridgehead atoms. The first kappa shape index (κ1) is 24.0. The van der Waals surface area contributed by atoms with Gasteiger partial charge in [-0.1, -0.05) is 36.4 Å². The number of hydrogen-bond donors (Lipinski definition) is 2. The number of aromatic nitrogens is 1. The lowest BCUT2D eigenvalue weighted by atomic mass is 10.2. The Kier molecular flexibility index (Phi) is 7.09. The molecule has 8 heteroatoms. The molecule has 0 aliphatic heterocycles. The Morgan fingerprint density at radius 1 is 0.919 bits per heavy atom. The van der Waals surface area contributed by atoms with Gasteiger partial charge in [-0.2, -0.15) is 0 Å². The molecule has 5 rings (SSSR count). The van der Waals surface area contributed by atoms with Crippen LogP contribution in [0.3, 0.4) is 0 Å². The van der Waals surface area contributed by atoms with Crippen LogP contribution in [-0.4, -0.2) is 23.1 Å². The topological polar surface area (TPSA) is 85.6 Å². The number of ether oxygens (including phenoxy) is 2. The van der Waals surface area contributed by atoms with Crippen molar-refractivity contribution in [3.63, 3.8) is 0 Å². The Morgan fingerprint density at radius 2 is 1.73 bits per heavy atom. The molecule has 0 aliphatic carbocycles. The Morgan fingerprint density at radius 3 is 2.51 bits per heavy atom. The molecule has 2 N–H and O–H groups in total. The van der Waals surface area contributed by atoms with Crippen molar-refractivity contribution < 1.29 is 18.7 Å². The zero-order valence-electron chi connectivity index (χ0n) is 19.9. The third-order valence-corrected chi connectivity index (χ3v) is 5.76. The highest BCUT2D eigenvalue weighted by Gasteiger charge is 2.11. The zero-order chi connectivity index (χ0) is 25.6. The third kappa shape index (κ3) is 5.94. The predicted molar refractivity (Wildman–Crippen MR) is 147 cm³/mol. The van der Waals surface area contributed by atoms with Crippen molar-refractivity contribution in [3.05, 3.63) is 108 Å². The molecule has 0 atom stereocenters. The summed E-state index contributed by atoms with van der Waals surface area (Å²) in [5, 5.41) is 5.91. The molecule has 0 aliphatic rings. The van der Waals surface area contributed by atoms with Crippen LogP contribution >= 0.6 is 12.2 Å². The molecule has 0 saturated heterocycles. The van der Waals surface area contributed by atoms with Crippen LogP contribution in [0.25, 0.3) is 22.6 Å². The molecule has 0 unspecified atom stereocenters. The minimum Gasteiger partial charge on any atom is -0.497 e. The first-order chi connectivity index (χ1) is 18.1. The van der Waals surface area contributed by atoms with Gasteiger partial charge in [0.1, 0.15) is 23.6 Å². The Balaban J connectivity index is 1.18. The fourth-order valence-corrected chi connectivity index (χ4v) is 3.87. The number of carbonyl (C=O) groups is 1. The summed E-state index contributed by atoms with van der Waals surface area (Å²) < 4.78 is 16.9. The van der Waals surface area contributed by atoms with E-state index in [4.69, 9.17) is 26.1 Å². The number of benzene rings is 4. The first-order valence-electron chi connectivity index (χ1n) is 11.5. The molecule has 5 aromatic rings. The number of rotatable bonds is 7. The van der Waals surface area contributed by atoms with Gasteiger partial charge in [-0.3, -0.25) is 10.1 Å². The molecule has 1 aromatic heterocycles. The molecule has 0 saturated carbocycles. The van der Waals surface area contributed by atoms with Gasteiger partial charge < -0.3 is 19.2 Å². The van der Waals surface area contributed by atoms with Crippen molar-refractivity contribution in [1.82, 2.24) is 10.3 Å². The van der Waals surface area contributed by atoms with Gasteiger partial charge in [0, 0.05) is 22.9 Å². The second-order valence-electron chi connectivity index (χ2n) is 8.14. The van der Waals surface area contributed by atoms with Crippen molar-refractivity contribution in [2.24, 2.45) is 0 Å². The summed E-state index contributed by atoms with van der Waals surface area (Å²) in [6.07, 6.45) is 0. The number of hydrogen-bond acceptors (Lipinski definition) is 6. The van der Waals surface area contributed by atoms with Crippen LogP contribution in [-0.2, 0) is 6.61 Å². The Labute approximate surface area is 219 Å². The summed E-state index contributed by atoms with van der Waals surface area (Å²) in [5.41, 5.74) is 4.41. The smallest absolute Gasteiger partial charge is 0.257 e. The monoisotopic (exact) mass is 509 g/mol. The van der Waals surface area contributed by atoms with Crippen molar-refractivity contribution >= 4 is 40.0 Å². The number of thiocarbonyl (C=S) groups is 1. The van der Waals surface area contributed by atoms with E-state index in [1.807, 2.05) is 78.9 Å². The van der Waals surface area contributed by atoms with Gasteiger partial charge in [-0.05, 0) is 72.4 Å². The first-order valence-corrected chi connectivity index (χ1v) is 11.9. The number of anilines is 1. The molecule has 0 spiro atoms. The summed E-state index contributed by atoms with van der Waals surface area (Å²) in [4.78, 5) is 17.3. The SMILES string of the molecule is COc1ccc2oc(-c3ccc(NC(=S)NC(=O)c4cccc(OCc5ccccc5)c4)cc3)nc2c1. The summed E-state index contributed by atoms with van der Waals surface area (Å²) in [5.74, 6) is 1.48. The van der Waals surface area contributed by atoms with Gasteiger partial charge in [-0.25, -0.2) is 4.98 Å². The van der Waals surface area contributed by atoms with E-state index < -0.39 is 0 Å². The van der Waals surface area contributed by atoms with Gasteiger partial charge in [0.05, 0.1) is 7.11 Å². The van der Waals surface area contributed by atoms with E-state index in [2.05, 4.69) is 15.6 Å². The minimum absolute atomic E-state index is 0.183. The third-order valence-electron chi connectivity index (χ3n) is 5.56. The lowest BCUT2D eigenvalue weighted by Gasteiger charge is -2.11. The predicted octanol–water partition coefficient (Wildman–Crippen LogP) is 6.21. The molecule has 0 fully saturated rings. The van der Waals surface area contributed by atoms with Crippen LogP contribution in [0.4, 0.5) is 5.69 Å². The summed E-state index contributed by atoms with van der Waals surface area (Å²) in [7, 11) is 1.61. The quantitative estimate of drug-likeness (QED) is 0.252. The Bertz CT molecular complexity index is 1550. The van der Waals surface area contributed by atoms with Crippen molar-refractivity contribution in [3.8, 4) is 23.0 Å². The van der Waals surface area contributed by atoms with E-state index in [1.165, 1.54) is 0 Å². The van der Waals surface area contributed by atoms with E-state index in [0.717, 1.165) is 16.6 Å². The molecule has 37 heavy (non-hydrogen) atoms. The minimum atomic E-state index is -0.332. The van der Waals surface area contributed by atoms with Crippen LogP contribution in [0.5, 0.6) is 11.5 Å². The summed E-state index contributed by atoms with van der Waals surface area (Å²) in [6.45, 7) is 0.416. The molecular weight excluding hydrogens is 486 g/mol. The van der Waals surface area contributed by atoms with Gasteiger partial charge in [-0.15, -0.1) is 0 Å². The number of fused-ring (bicyclic) bond motifs is 1. The maximum Gasteiger partial charge on any atom is 0.257 e. The molecule has 184 valence electrons. The van der Waals surface area contributed by atoms with Crippen molar-refractivity contribution in [2.45, 2.75) is 6.61 Å². The number of oxazole rings is 1. The maximum atomic E-state index is 12.7. The molecular formula is C29H23N3O4S. The van der Waals surface area contributed by atoms with Crippen LogP contribution < -0.4 is 20.1 Å². The van der Waals surface area contributed by atoms with Crippen LogP contribution in [0.2, 0.25) is 0 Å². The van der Waals surface area contributed by atoms with E-state index in [0.29, 0.717) is 40.8 Å².